The van der Waals surface area contributed by atoms with Crippen LogP contribution in [0.4, 0.5) is 0 Å². The van der Waals surface area contributed by atoms with Crippen LogP contribution in [0.2, 0.25) is 0 Å². The van der Waals surface area contributed by atoms with Crippen LogP contribution in [0, 0.1) is 5.92 Å². The van der Waals surface area contributed by atoms with E-state index in [1.54, 1.807) is 135 Å². The third kappa shape index (κ3) is 16.9. The minimum Gasteiger partial charge on any atom is -0.459 e. The molecule has 1 aliphatic rings. The molecule has 1 aliphatic heterocycles. The van der Waals surface area contributed by atoms with Gasteiger partial charge in [0.15, 0.2) is 12.6 Å². The lowest BCUT2D eigenvalue weighted by Crippen LogP contribution is -2.64. The number of aliphatic hydroxyl groups is 1. The molecule has 9 rings (SSSR count). The zero-order valence-electron chi connectivity index (χ0n) is 46.0. The summed E-state index contributed by atoms with van der Waals surface area (Å²) in [6, 6.07) is 66.2. The quantitative estimate of drug-likeness (QED) is 0.0292. The molecule has 8 aromatic carbocycles. The Morgan fingerprint density at radius 3 is 1.51 bits per heavy atom. The normalized spacial score (nSPS) is 18.6. The van der Waals surface area contributed by atoms with Gasteiger partial charge in [-0.25, -0.2) is 19.2 Å². The van der Waals surface area contributed by atoms with Crippen LogP contribution in [0.5, 0.6) is 0 Å². The van der Waals surface area contributed by atoms with Crippen molar-refractivity contribution in [2.75, 3.05) is 19.8 Å². The first-order chi connectivity index (χ1) is 40.6. The monoisotopic (exact) mass is 1120 g/mol. The molecule has 83 heavy (non-hydrogen) atoms. The average molecular weight is 1120 g/mol. The molecule has 15 heteroatoms. The molecule has 0 amide bonds. The van der Waals surface area contributed by atoms with Gasteiger partial charge in [-0.1, -0.05) is 177 Å². The Morgan fingerprint density at radius 2 is 0.928 bits per heavy atom. The summed E-state index contributed by atoms with van der Waals surface area (Å²) in [6.45, 7) is 2.28. The predicted octanol–water partition coefficient (Wildman–Crippen LogP) is 11.2. The van der Waals surface area contributed by atoms with E-state index in [1.807, 2.05) is 103 Å². The van der Waals surface area contributed by atoms with Crippen LogP contribution in [-0.2, 0) is 67.2 Å². The third-order valence-electron chi connectivity index (χ3n) is 14.0. The van der Waals surface area contributed by atoms with Crippen molar-refractivity contribution in [1.29, 1.82) is 0 Å². The first kappa shape index (κ1) is 59.2. The summed E-state index contributed by atoms with van der Waals surface area (Å²) >= 11 is 0. The van der Waals surface area contributed by atoms with Crippen molar-refractivity contribution >= 4 is 34.6 Å². The molecular weight excluding hydrogens is 1060 g/mol. The molecule has 1 fully saturated rings. The molecule has 0 spiro atoms. The van der Waals surface area contributed by atoms with Crippen LogP contribution >= 0.6 is 0 Å². The van der Waals surface area contributed by atoms with Crippen LogP contribution in [0.3, 0.4) is 0 Å². The van der Waals surface area contributed by atoms with Gasteiger partial charge < -0.3 is 52.5 Å². The maximum Gasteiger partial charge on any atom is 0.338 e. The van der Waals surface area contributed by atoms with Crippen LogP contribution in [0.15, 0.2) is 224 Å². The molecule has 8 aromatic rings. The van der Waals surface area contributed by atoms with E-state index < -0.39 is 98.3 Å². The number of aliphatic hydroxyl groups excluding tert-OH is 1. The molecule has 428 valence electrons. The molecule has 15 nitrogen and oxygen atoms in total. The lowest BCUT2D eigenvalue weighted by atomic mass is 9.93. The van der Waals surface area contributed by atoms with Gasteiger partial charge in [0.1, 0.15) is 55.9 Å². The Balaban J connectivity index is 1.12. The van der Waals surface area contributed by atoms with Crippen molar-refractivity contribution < 1.29 is 71.7 Å². The molecular formula is C68H66O15. The lowest BCUT2D eigenvalue weighted by molar-refractivity contribution is -0.354. The van der Waals surface area contributed by atoms with E-state index >= 15 is 0 Å². The van der Waals surface area contributed by atoms with Gasteiger partial charge in [-0.2, -0.15) is 0 Å². The average Bonchev–Trinajstić information content (AvgIpc) is 3.71. The second-order valence-electron chi connectivity index (χ2n) is 20.0. The molecule has 0 radical (unpaired) electrons. The molecule has 1 heterocycles. The number of ether oxygens (including phenoxy) is 10. The number of benzene rings is 8. The molecule has 0 saturated carbocycles. The van der Waals surface area contributed by atoms with Crippen molar-refractivity contribution in [3.63, 3.8) is 0 Å². The Morgan fingerprint density at radius 1 is 0.458 bits per heavy atom. The maximum absolute atomic E-state index is 14.1. The highest BCUT2D eigenvalue weighted by Crippen LogP contribution is 2.35. The number of rotatable bonds is 27. The summed E-state index contributed by atoms with van der Waals surface area (Å²) < 4.78 is 65.2. The molecule has 10 atom stereocenters. The number of carbonyl (C=O) groups excluding carboxylic acids is 4. The second-order valence-corrected chi connectivity index (χ2v) is 20.0. The molecule has 1 saturated heterocycles. The van der Waals surface area contributed by atoms with E-state index in [1.165, 1.54) is 0 Å². The van der Waals surface area contributed by atoms with Gasteiger partial charge >= 0.3 is 23.9 Å². The standard InChI is InChI=1S/C68H66O15/c1-46(57(80-67(73)55-34-19-8-20-35-55)43-77-64(70)52-28-13-5-14-29-52)60(47(2)79-66(72)54-32-17-7-18-33-54)83-68-63(76-41-49-25-11-4-12-26-49)62(75-42-50-37-38-51-27-21-22-36-56(51)39-50)61(82-59(69)45-74-40-48-23-9-3-10-24-48)58(81-68)44-78-65(71)53-30-15-6-16-31-53/h3-39,46-47,57-63,68-69H,40-45H2,1-2H3/t46?,47-,57-,58?,59-,60?,61?,62?,63?,68?/m1/s1. The van der Waals surface area contributed by atoms with E-state index in [0.29, 0.717) is 0 Å². The Hall–Kier alpha value is -8.38. The number of esters is 4. The summed E-state index contributed by atoms with van der Waals surface area (Å²) in [6.07, 6.45) is -11.8. The highest BCUT2D eigenvalue weighted by molar-refractivity contribution is 5.91. The summed E-state index contributed by atoms with van der Waals surface area (Å²) in [7, 11) is 0. The van der Waals surface area contributed by atoms with Crippen molar-refractivity contribution in [3.8, 4) is 0 Å². The van der Waals surface area contributed by atoms with Gasteiger partial charge in [0, 0.05) is 5.92 Å². The fourth-order valence-corrected chi connectivity index (χ4v) is 9.62. The minimum atomic E-state index is -1.58. The Labute approximate surface area is 482 Å². The van der Waals surface area contributed by atoms with Crippen molar-refractivity contribution in [1.82, 2.24) is 0 Å². The van der Waals surface area contributed by atoms with Crippen molar-refractivity contribution in [3.05, 3.63) is 263 Å². The van der Waals surface area contributed by atoms with Gasteiger partial charge in [0.25, 0.3) is 0 Å². The lowest BCUT2D eigenvalue weighted by Gasteiger charge is -2.47. The number of hydrogen-bond acceptors (Lipinski definition) is 15. The molecule has 1 N–H and O–H groups in total. The highest BCUT2D eigenvalue weighted by atomic mass is 16.7. The van der Waals surface area contributed by atoms with Gasteiger partial charge in [-0.15, -0.1) is 0 Å². The van der Waals surface area contributed by atoms with E-state index in [9.17, 15) is 24.3 Å². The first-order valence-electron chi connectivity index (χ1n) is 27.5. The number of carbonyl (C=O) groups is 4. The van der Waals surface area contributed by atoms with E-state index in [2.05, 4.69) is 0 Å². The van der Waals surface area contributed by atoms with Gasteiger partial charge in [-0.05, 0) is 89.0 Å². The Kier molecular flexibility index (Phi) is 21.5. The number of fused-ring (bicyclic) bond motifs is 1. The first-order valence-corrected chi connectivity index (χ1v) is 27.5. The third-order valence-corrected chi connectivity index (χ3v) is 14.0. The summed E-state index contributed by atoms with van der Waals surface area (Å²) in [4.78, 5) is 55.6. The smallest absolute Gasteiger partial charge is 0.338 e. The maximum atomic E-state index is 14.1. The summed E-state index contributed by atoms with van der Waals surface area (Å²) in [5.74, 6) is -3.74. The number of hydrogen-bond donors (Lipinski definition) is 1. The van der Waals surface area contributed by atoms with Crippen LogP contribution < -0.4 is 0 Å². The zero-order chi connectivity index (χ0) is 57.8. The summed E-state index contributed by atoms with van der Waals surface area (Å²) in [5, 5.41) is 13.8. The van der Waals surface area contributed by atoms with Gasteiger partial charge in [-0.3, -0.25) is 0 Å². The van der Waals surface area contributed by atoms with Crippen LogP contribution in [-0.4, -0.2) is 104 Å². The largest absolute Gasteiger partial charge is 0.459 e. The predicted molar refractivity (Wildman–Crippen MR) is 308 cm³/mol. The topological polar surface area (TPSA) is 181 Å². The van der Waals surface area contributed by atoms with E-state index in [-0.39, 0.29) is 48.7 Å². The van der Waals surface area contributed by atoms with Crippen LogP contribution in [0.25, 0.3) is 10.8 Å². The molecule has 7 unspecified atom stereocenters. The summed E-state index contributed by atoms with van der Waals surface area (Å²) in [5.41, 5.74) is 3.43. The Bertz CT molecular complexity index is 3280. The van der Waals surface area contributed by atoms with E-state index in [4.69, 9.17) is 47.4 Å². The van der Waals surface area contributed by atoms with Gasteiger partial charge in [0.05, 0.1) is 48.7 Å². The van der Waals surface area contributed by atoms with Crippen LogP contribution in [0.1, 0.15) is 72.0 Å². The van der Waals surface area contributed by atoms with Crippen molar-refractivity contribution in [2.24, 2.45) is 5.92 Å². The molecule has 0 bridgehead atoms. The highest BCUT2D eigenvalue weighted by Gasteiger charge is 2.52. The van der Waals surface area contributed by atoms with E-state index in [0.717, 1.165) is 27.5 Å². The fourth-order valence-electron chi connectivity index (χ4n) is 9.62. The van der Waals surface area contributed by atoms with Crippen molar-refractivity contribution in [2.45, 2.75) is 89.0 Å². The molecule has 0 aliphatic carbocycles. The van der Waals surface area contributed by atoms with Gasteiger partial charge in [0.2, 0.25) is 0 Å². The molecule has 0 aromatic heterocycles. The zero-order valence-corrected chi connectivity index (χ0v) is 46.0. The minimum absolute atomic E-state index is 0.0143. The SMILES string of the molecule is CC(C(OC1OC(COC(=O)c2ccccc2)C(O[C@@H](O)COCc2ccccc2)C(OCc2ccc3ccccc3c2)C1OCc1ccccc1)[C@@H](C)OC(=O)c1ccccc1)[C@@H](COC(=O)c1ccccc1)OC(=O)c1ccccc1. The second kappa shape index (κ2) is 30.1. The fraction of sp³-hybridized carbons (Fsp3) is 0.265.